The maximum atomic E-state index is 6.29. The lowest BCUT2D eigenvalue weighted by Gasteiger charge is -2.48. The van der Waals surface area contributed by atoms with Crippen LogP contribution in [0.3, 0.4) is 0 Å². The van der Waals surface area contributed by atoms with Crippen molar-refractivity contribution >= 4 is 5.96 Å². The molecule has 0 bridgehead atoms. The Labute approximate surface area is 124 Å². The van der Waals surface area contributed by atoms with Crippen molar-refractivity contribution in [1.82, 2.24) is 4.90 Å². The first-order valence-corrected chi connectivity index (χ1v) is 8.70. The zero-order valence-corrected chi connectivity index (χ0v) is 13.3. The van der Waals surface area contributed by atoms with Crippen molar-refractivity contribution in [2.24, 2.45) is 22.6 Å². The van der Waals surface area contributed by atoms with E-state index in [9.17, 15) is 0 Å². The maximum absolute atomic E-state index is 6.29. The van der Waals surface area contributed by atoms with Crippen LogP contribution in [0.4, 0.5) is 0 Å². The molecule has 0 aromatic heterocycles. The fourth-order valence-electron chi connectivity index (χ4n) is 5.05. The molecule has 1 spiro atoms. The van der Waals surface area contributed by atoms with Crippen LogP contribution >= 0.6 is 0 Å². The Morgan fingerprint density at radius 2 is 2.00 bits per heavy atom. The Morgan fingerprint density at radius 3 is 2.70 bits per heavy atom. The van der Waals surface area contributed by atoms with E-state index in [1.807, 2.05) is 0 Å². The summed E-state index contributed by atoms with van der Waals surface area (Å²) in [6, 6.07) is 0.680. The summed E-state index contributed by atoms with van der Waals surface area (Å²) < 4.78 is 0. The van der Waals surface area contributed by atoms with Crippen molar-refractivity contribution < 1.29 is 0 Å². The number of nitrogens with two attached hydrogens (primary N) is 1. The molecule has 0 saturated heterocycles. The van der Waals surface area contributed by atoms with E-state index in [1.165, 1.54) is 57.8 Å². The molecule has 20 heavy (non-hydrogen) atoms. The molecule has 1 aliphatic heterocycles. The lowest BCUT2D eigenvalue weighted by Crippen LogP contribution is -2.57. The van der Waals surface area contributed by atoms with Crippen molar-refractivity contribution in [2.75, 3.05) is 6.54 Å². The smallest absolute Gasteiger partial charge is 0.192 e. The summed E-state index contributed by atoms with van der Waals surface area (Å²) in [6.07, 6.45) is 12.2. The molecule has 0 amide bonds. The first-order valence-electron chi connectivity index (χ1n) is 8.70. The molecule has 3 aliphatic rings. The maximum Gasteiger partial charge on any atom is 0.192 e. The highest BCUT2D eigenvalue weighted by Gasteiger charge is 2.48. The van der Waals surface area contributed by atoms with Gasteiger partial charge in [-0.3, -0.25) is 4.99 Å². The monoisotopic (exact) mass is 277 g/mol. The largest absolute Gasteiger partial charge is 0.370 e. The van der Waals surface area contributed by atoms with Crippen LogP contribution < -0.4 is 5.73 Å². The van der Waals surface area contributed by atoms with Crippen molar-refractivity contribution in [1.29, 1.82) is 0 Å². The summed E-state index contributed by atoms with van der Waals surface area (Å²) in [5.74, 6) is 2.55. The summed E-state index contributed by atoms with van der Waals surface area (Å²) in [5.41, 5.74) is 6.58. The molecule has 3 rings (SSSR count). The van der Waals surface area contributed by atoms with Crippen LogP contribution in [-0.4, -0.2) is 29.0 Å². The molecule has 0 aromatic rings. The average Bonchev–Trinajstić information content (AvgIpc) is 2.98. The molecule has 2 unspecified atom stereocenters. The van der Waals surface area contributed by atoms with Gasteiger partial charge in [0.2, 0.25) is 0 Å². The third kappa shape index (κ3) is 2.56. The van der Waals surface area contributed by atoms with Crippen LogP contribution in [0, 0.1) is 11.8 Å². The second-order valence-electron chi connectivity index (χ2n) is 7.80. The standard InChI is InChI=1S/C17H31N3/c1-13(2)10-14-6-5-9-17(11-14)12-19-16(18)20(17)15-7-3-4-8-15/h13-15H,3-12H2,1-2H3,(H2,18,19). The number of nitrogens with zero attached hydrogens (tertiary/aromatic N) is 2. The second-order valence-corrected chi connectivity index (χ2v) is 7.80. The van der Waals surface area contributed by atoms with Crippen molar-refractivity contribution in [3.05, 3.63) is 0 Å². The van der Waals surface area contributed by atoms with Gasteiger partial charge in [0.05, 0.1) is 12.1 Å². The minimum absolute atomic E-state index is 0.289. The predicted octanol–water partition coefficient (Wildman–Crippen LogP) is 3.53. The second kappa shape index (κ2) is 5.57. The summed E-state index contributed by atoms with van der Waals surface area (Å²) in [6.45, 7) is 5.68. The number of hydrogen-bond donors (Lipinski definition) is 1. The SMILES string of the molecule is CC(C)CC1CCCC2(CN=C(N)N2C2CCCC2)C1. The third-order valence-corrected chi connectivity index (χ3v) is 5.71. The van der Waals surface area contributed by atoms with Crippen LogP contribution in [0.5, 0.6) is 0 Å². The highest BCUT2D eigenvalue weighted by Crippen LogP contribution is 2.44. The molecule has 2 atom stereocenters. The van der Waals surface area contributed by atoms with E-state index in [0.717, 1.165) is 24.3 Å². The molecule has 1 heterocycles. The fourth-order valence-corrected chi connectivity index (χ4v) is 5.05. The van der Waals surface area contributed by atoms with Crippen LogP contribution in [0.2, 0.25) is 0 Å². The minimum atomic E-state index is 0.289. The molecule has 3 heteroatoms. The molecule has 2 aliphatic carbocycles. The van der Waals surface area contributed by atoms with Gasteiger partial charge in [-0.2, -0.15) is 0 Å². The molecule has 114 valence electrons. The van der Waals surface area contributed by atoms with Gasteiger partial charge in [-0.05, 0) is 43.9 Å². The van der Waals surface area contributed by atoms with E-state index in [-0.39, 0.29) is 5.54 Å². The topological polar surface area (TPSA) is 41.6 Å². The van der Waals surface area contributed by atoms with Crippen molar-refractivity contribution in [3.63, 3.8) is 0 Å². The lowest BCUT2D eigenvalue weighted by molar-refractivity contribution is 0.0714. The number of rotatable bonds is 3. The van der Waals surface area contributed by atoms with Crippen LogP contribution in [0.1, 0.15) is 71.6 Å². The first kappa shape index (κ1) is 14.2. The lowest BCUT2D eigenvalue weighted by atomic mass is 9.72. The fraction of sp³-hybridized carbons (Fsp3) is 0.941. The zero-order valence-electron chi connectivity index (χ0n) is 13.3. The third-order valence-electron chi connectivity index (χ3n) is 5.71. The average molecular weight is 277 g/mol. The van der Waals surface area contributed by atoms with Crippen molar-refractivity contribution in [3.8, 4) is 0 Å². The Morgan fingerprint density at radius 1 is 1.25 bits per heavy atom. The number of guanidine groups is 1. The van der Waals surface area contributed by atoms with Gasteiger partial charge in [0.15, 0.2) is 5.96 Å². The normalized spacial score (nSPS) is 35.2. The van der Waals surface area contributed by atoms with Gasteiger partial charge in [0, 0.05) is 6.04 Å². The van der Waals surface area contributed by atoms with E-state index >= 15 is 0 Å². The van der Waals surface area contributed by atoms with E-state index in [4.69, 9.17) is 5.73 Å². The quantitative estimate of drug-likeness (QED) is 0.857. The molecule has 2 saturated carbocycles. The summed E-state index contributed by atoms with van der Waals surface area (Å²) in [7, 11) is 0. The molecular weight excluding hydrogens is 246 g/mol. The van der Waals surface area contributed by atoms with E-state index in [1.54, 1.807) is 0 Å². The van der Waals surface area contributed by atoms with E-state index in [2.05, 4.69) is 23.7 Å². The van der Waals surface area contributed by atoms with Crippen LogP contribution in [-0.2, 0) is 0 Å². The molecular formula is C17H31N3. The van der Waals surface area contributed by atoms with Gasteiger partial charge in [0.25, 0.3) is 0 Å². The van der Waals surface area contributed by atoms with Crippen LogP contribution in [0.15, 0.2) is 4.99 Å². The minimum Gasteiger partial charge on any atom is -0.370 e. The summed E-state index contributed by atoms with van der Waals surface area (Å²) in [5, 5.41) is 0. The molecule has 0 aromatic carbocycles. The Hall–Kier alpha value is -0.730. The Balaban J connectivity index is 1.75. The Kier molecular flexibility index (Phi) is 3.96. The van der Waals surface area contributed by atoms with Gasteiger partial charge in [-0.1, -0.05) is 39.5 Å². The molecule has 0 radical (unpaired) electrons. The highest BCUT2D eigenvalue weighted by molar-refractivity contribution is 5.81. The van der Waals surface area contributed by atoms with Gasteiger partial charge < -0.3 is 10.6 Å². The summed E-state index contributed by atoms with van der Waals surface area (Å²) >= 11 is 0. The van der Waals surface area contributed by atoms with Crippen molar-refractivity contribution in [2.45, 2.75) is 83.2 Å². The van der Waals surface area contributed by atoms with Gasteiger partial charge in [-0.15, -0.1) is 0 Å². The number of hydrogen-bond acceptors (Lipinski definition) is 3. The first-order chi connectivity index (χ1) is 9.61. The van der Waals surface area contributed by atoms with E-state index in [0.29, 0.717) is 6.04 Å². The number of aliphatic imine (C=N–C) groups is 1. The highest BCUT2D eigenvalue weighted by atomic mass is 15.4. The molecule has 3 nitrogen and oxygen atoms in total. The predicted molar refractivity (Wildman–Crippen MR) is 84.7 cm³/mol. The van der Waals surface area contributed by atoms with E-state index < -0.39 is 0 Å². The molecule has 2 N–H and O–H groups in total. The molecule has 2 fully saturated rings. The van der Waals surface area contributed by atoms with Gasteiger partial charge in [0.1, 0.15) is 0 Å². The zero-order chi connectivity index (χ0) is 14.2. The van der Waals surface area contributed by atoms with Gasteiger partial charge in [-0.25, -0.2) is 0 Å². The van der Waals surface area contributed by atoms with Gasteiger partial charge >= 0.3 is 0 Å². The Bertz CT molecular complexity index is 370. The van der Waals surface area contributed by atoms with Crippen LogP contribution in [0.25, 0.3) is 0 Å². The summed E-state index contributed by atoms with van der Waals surface area (Å²) in [4.78, 5) is 7.25.